The second-order valence-corrected chi connectivity index (χ2v) is 21.5. The molecule has 19 heteroatoms. The van der Waals surface area contributed by atoms with Gasteiger partial charge in [-0.05, 0) is 12.1 Å². The highest BCUT2D eigenvalue weighted by molar-refractivity contribution is 7.93. The molecule has 0 spiro atoms. The molecule has 4 aromatic rings. The van der Waals surface area contributed by atoms with Crippen molar-refractivity contribution in [1.82, 2.24) is 24.5 Å². The third-order valence-electron chi connectivity index (χ3n) is 8.08. The Balaban J connectivity index is 1.27. The van der Waals surface area contributed by atoms with E-state index in [9.17, 15) is 27.3 Å². The first-order valence-corrected chi connectivity index (χ1v) is 21.5. The van der Waals surface area contributed by atoms with Crippen LogP contribution in [0.2, 0.25) is 30.7 Å². The summed E-state index contributed by atoms with van der Waals surface area (Å²) in [4.78, 5) is 28.8. The van der Waals surface area contributed by atoms with E-state index in [0.717, 1.165) is 24.7 Å². The Kier molecular flexibility index (Phi) is 10.1. The van der Waals surface area contributed by atoms with Crippen molar-refractivity contribution in [2.24, 2.45) is 4.36 Å². The highest BCUT2D eigenvalue weighted by atomic mass is 35.5. The van der Waals surface area contributed by atoms with Crippen LogP contribution in [-0.4, -0.2) is 104 Å². The lowest BCUT2D eigenvalue weighted by Crippen LogP contribution is -2.35. The van der Waals surface area contributed by atoms with Crippen molar-refractivity contribution in [1.29, 1.82) is 0 Å². The van der Waals surface area contributed by atoms with E-state index in [0.29, 0.717) is 39.6 Å². The fourth-order valence-corrected chi connectivity index (χ4v) is 7.36. The molecule has 2 fully saturated rings. The van der Waals surface area contributed by atoms with Crippen LogP contribution >= 0.6 is 11.6 Å². The number of nitrogens with zero attached hydrogens (tertiary/aromatic N) is 6. The standard InChI is InChI=1S/C31H34ClF3N6O7SSi/c1-49(44,40-29(43)31(33,34)35)19-12-36-27(37-13-19)18-7-5-17(6-8-18)24-20(32)11-21-28(39-24)41(16-45-9-10-50(2,3)4)30(38-21)48-23-15-47-25-22(42)14-46-26(23)25/h5-8,11-13,22-23,25-26,42H,9-10,14-16H2,1-4H3/t22-,23-,25-,26-,49?/m1/s1. The van der Waals surface area contributed by atoms with Crippen molar-refractivity contribution in [2.75, 3.05) is 26.1 Å². The summed E-state index contributed by atoms with van der Waals surface area (Å²) >= 11 is 6.71. The minimum absolute atomic E-state index is 0.115. The molecule has 1 N–H and O–H groups in total. The Hall–Kier alpha value is -3.52. The van der Waals surface area contributed by atoms with Gasteiger partial charge < -0.3 is 24.1 Å². The van der Waals surface area contributed by atoms with Crippen molar-refractivity contribution in [3.63, 3.8) is 0 Å². The summed E-state index contributed by atoms with van der Waals surface area (Å²) in [7, 11) is -5.08. The molecule has 0 bridgehead atoms. The molecule has 1 aromatic carbocycles. The number of pyridine rings is 1. The SMILES string of the molecule is C[Si](C)(C)CCOCn1c(O[C@@H]2CO[C@H]3[C@@H]2OC[C@H]3O)nc2cc(Cl)c(-c3ccc(-c4ncc(S(C)(=O)=NC(=O)C(F)(F)F)cn4)cc3)nc21. The van der Waals surface area contributed by atoms with E-state index in [1.165, 1.54) is 0 Å². The number of fused-ring (bicyclic) bond motifs is 2. The van der Waals surface area contributed by atoms with E-state index in [2.05, 4.69) is 39.0 Å². The van der Waals surface area contributed by atoms with Gasteiger partial charge in [-0.1, -0.05) is 55.5 Å². The number of carbonyl (C=O) groups excluding carboxylic acids is 1. The number of halogens is 4. The third-order valence-corrected chi connectivity index (χ3v) is 11.7. The fraction of sp³-hybridized carbons (Fsp3) is 0.452. The molecule has 1 unspecified atom stereocenters. The number of hydrogen-bond acceptors (Lipinski definition) is 11. The quantitative estimate of drug-likeness (QED) is 0.172. The zero-order chi connectivity index (χ0) is 36.0. The summed E-state index contributed by atoms with van der Waals surface area (Å²) in [5.41, 5.74) is 2.58. The van der Waals surface area contributed by atoms with E-state index in [4.69, 9.17) is 35.5 Å². The summed E-state index contributed by atoms with van der Waals surface area (Å²) in [6, 6.07) is 9.77. The molecule has 5 heterocycles. The molecule has 6 rings (SSSR count). The average molecular weight is 755 g/mol. The van der Waals surface area contributed by atoms with Crippen LogP contribution < -0.4 is 4.74 Å². The molecule has 0 aliphatic carbocycles. The summed E-state index contributed by atoms with van der Waals surface area (Å²) in [5, 5.41) is 10.5. The molecule has 5 atom stereocenters. The van der Waals surface area contributed by atoms with Crippen molar-refractivity contribution in [2.45, 2.75) is 67.9 Å². The molecule has 2 saturated heterocycles. The number of rotatable bonds is 10. The third kappa shape index (κ3) is 7.85. The molecule has 50 heavy (non-hydrogen) atoms. The van der Waals surface area contributed by atoms with Crippen LogP contribution in [0.1, 0.15) is 0 Å². The summed E-state index contributed by atoms with van der Waals surface area (Å²) in [6.45, 7) is 7.82. The number of ether oxygens (including phenoxy) is 4. The molecule has 0 radical (unpaired) electrons. The smallest absolute Gasteiger partial charge is 0.456 e. The molecule has 3 aromatic heterocycles. The van der Waals surface area contributed by atoms with Crippen LogP contribution in [0, 0.1) is 0 Å². The van der Waals surface area contributed by atoms with E-state index >= 15 is 0 Å². The number of alkyl halides is 3. The molecule has 2 aliphatic rings. The zero-order valence-corrected chi connectivity index (χ0v) is 30.0. The first kappa shape index (κ1) is 36.3. The van der Waals surface area contributed by atoms with Crippen molar-refractivity contribution < 1.29 is 46.2 Å². The van der Waals surface area contributed by atoms with Crippen molar-refractivity contribution in [3.8, 4) is 28.7 Å². The van der Waals surface area contributed by atoms with Gasteiger partial charge >= 0.3 is 18.1 Å². The van der Waals surface area contributed by atoms with Crippen LogP contribution in [0.15, 0.2) is 52.0 Å². The predicted molar refractivity (Wildman–Crippen MR) is 179 cm³/mol. The van der Waals surface area contributed by atoms with E-state index in [1.807, 2.05) is 0 Å². The molecule has 268 valence electrons. The lowest BCUT2D eigenvalue weighted by molar-refractivity contribution is -0.169. The van der Waals surface area contributed by atoms with Gasteiger partial charge in [0.15, 0.2) is 17.6 Å². The molecule has 0 saturated carbocycles. The van der Waals surface area contributed by atoms with Gasteiger partial charge in [-0.3, -0.25) is 9.36 Å². The molecular weight excluding hydrogens is 721 g/mol. The minimum atomic E-state index is -5.24. The summed E-state index contributed by atoms with van der Waals surface area (Å²) in [5.74, 6) is -2.25. The van der Waals surface area contributed by atoms with Crippen LogP contribution in [0.25, 0.3) is 33.8 Å². The van der Waals surface area contributed by atoms with Gasteiger partial charge in [0.2, 0.25) is 0 Å². The Morgan fingerprint density at radius 2 is 1.76 bits per heavy atom. The van der Waals surface area contributed by atoms with Gasteiger partial charge in [0.25, 0.3) is 0 Å². The number of aliphatic hydroxyl groups excluding tert-OH is 1. The number of carbonyl (C=O) groups is 1. The minimum Gasteiger partial charge on any atom is -0.456 e. The fourth-order valence-electron chi connectivity index (χ4n) is 5.33. The maximum absolute atomic E-state index is 12.7. The maximum Gasteiger partial charge on any atom is 0.474 e. The van der Waals surface area contributed by atoms with Crippen LogP contribution in [-0.2, 0) is 35.5 Å². The monoisotopic (exact) mass is 754 g/mol. The number of hydrogen-bond donors (Lipinski definition) is 1. The highest BCUT2D eigenvalue weighted by Gasteiger charge is 2.49. The second kappa shape index (κ2) is 13.9. The highest BCUT2D eigenvalue weighted by Crippen LogP contribution is 2.34. The van der Waals surface area contributed by atoms with Crippen molar-refractivity contribution >= 4 is 46.5 Å². The van der Waals surface area contributed by atoms with Gasteiger partial charge in [-0.25, -0.2) is 19.2 Å². The van der Waals surface area contributed by atoms with Gasteiger partial charge in [0.1, 0.15) is 30.6 Å². The largest absolute Gasteiger partial charge is 0.474 e. The average Bonchev–Trinajstić information content (AvgIpc) is 3.72. The number of aliphatic hydroxyl groups is 1. The van der Waals surface area contributed by atoms with E-state index in [1.54, 1.807) is 34.9 Å². The summed E-state index contributed by atoms with van der Waals surface area (Å²) < 4.78 is 79.0. The number of imidazole rings is 1. The summed E-state index contributed by atoms with van der Waals surface area (Å²) in [6.07, 6.45) is -4.35. The molecular formula is C31H34ClF3N6O7SSi. The first-order valence-electron chi connectivity index (χ1n) is 15.5. The first-order chi connectivity index (χ1) is 23.5. The Bertz CT molecular complexity index is 2020. The normalized spacial score (nSPS) is 22.0. The zero-order valence-electron chi connectivity index (χ0n) is 27.4. The van der Waals surface area contributed by atoms with Gasteiger partial charge in [0.05, 0.1) is 38.6 Å². The van der Waals surface area contributed by atoms with E-state index < -0.39 is 54.3 Å². The lowest BCUT2D eigenvalue weighted by atomic mass is 10.1. The van der Waals surface area contributed by atoms with Crippen LogP contribution in [0.5, 0.6) is 6.01 Å². The Labute approximate surface area is 291 Å². The Morgan fingerprint density at radius 3 is 2.42 bits per heavy atom. The van der Waals surface area contributed by atoms with Crippen LogP contribution in [0.3, 0.4) is 0 Å². The predicted octanol–water partition coefficient (Wildman–Crippen LogP) is 4.97. The number of amides is 1. The van der Waals surface area contributed by atoms with Gasteiger partial charge in [-0.2, -0.15) is 18.2 Å². The maximum atomic E-state index is 12.7. The number of aromatic nitrogens is 5. The van der Waals surface area contributed by atoms with E-state index in [-0.39, 0.29) is 36.7 Å². The molecule has 13 nitrogen and oxygen atoms in total. The second-order valence-electron chi connectivity index (χ2n) is 13.2. The lowest BCUT2D eigenvalue weighted by Gasteiger charge is -2.19. The number of benzene rings is 1. The topological polar surface area (TPSA) is 160 Å². The molecule has 1 amide bonds. The van der Waals surface area contributed by atoms with Crippen molar-refractivity contribution in [3.05, 3.63) is 47.7 Å². The van der Waals surface area contributed by atoms with Gasteiger partial charge in [-0.15, -0.1) is 4.36 Å². The van der Waals surface area contributed by atoms with Gasteiger partial charge in [0, 0.05) is 44.5 Å². The Morgan fingerprint density at radius 1 is 1.10 bits per heavy atom. The molecule has 2 aliphatic heterocycles. The van der Waals surface area contributed by atoms with Crippen LogP contribution in [0.4, 0.5) is 13.2 Å².